The minimum atomic E-state index is 0.321. The smallest absolute Gasteiger partial charge is 0.133 e. The van der Waals surface area contributed by atoms with Crippen molar-refractivity contribution in [2.45, 2.75) is 33.1 Å². The second-order valence-corrected chi connectivity index (χ2v) is 4.95. The van der Waals surface area contributed by atoms with Crippen LogP contribution in [-0.2, 0) is 6.42 Å². The summed E-state index contributed by atoms with van der Waals surface area (Å²) in [7, 11) is 1.89. The zero-order chi connectivity index (χ0) is 13.8. The zero-order valence-corrected chi connectivity index (χ0v) is 12.1. The lowest BCUT2D eigenvalue weighted by atomic mass is 10.1. The van der Waals surface area contributed by atoms with Crippen molar-refractivity contribution in [2.24, 2.45) is 0 Å². The first-order valence-corrected chi connectivity index (χ1v) is 6.80. The van der Waals surface area contributed by atoms with E-state index in [1.165, 1.54) is 5.56 Å². The van der Waals surface area contributed by atoms with E-state index in [1.54, 1.807) is 0 Å². The van der Waals surface area contributed by atoms with E-state index >= 15 is 0 Å². The third kappa shape index (κ3) is 3.11. The van der Waals surface area contributed by atoms with Crippen LogP contribution in [0, 0.1) is 0 Å². The van der Waals surface area contributed by atoms with Gasteiger partial charge in [0.2, 0.25) is 0 Å². The van der Waals surface area contributed by atoms with Crippen molar-refractivity contribution in [1.29, 1.82) is 0 Å². The Morgan fingerprint density at radius 3 is 2.32 bits per heavy atom. The highest BCUT2D eigenvalue weighted by atomic mass is 15.0. The summed E-state index contributed by atoms with van der Waals surface area (Å²) in [6.07, 6.45) is 1.06. The van der Waals surface area contributed by atoms with E-state index in [0.717, 1.165) is 29.3 Å². The van der Waals surface area contributed by atoms with E-state index in [4.69, 9.17) is 0 Å². The van der Waals surface area contributed by atoms with E-state index < -0.39 is 0 Å². The molecule has 3 heteroatoms. The molecule has 2 rings (SSSR count). The SMILES string of the molecule is CCc1ccc(-c2cc(NC)nc(C(C)C)n2)cc1. The monoisotopic (exact) mass is 255 g/mol. The van der Waals surface area contributed by atoms with E-state index in [2.05, 4.69) is 60.3 Å². The molecule has 0 aliphatic heterocycles. The molecule has 0 radical (unpaired) electrons. The molecule has 0 amide bonds. The van der Waals surface area contributed by atoms with Crippen molar-refractivity contribution in [3.05, 3.63) is 41.7 Å². The van der Waals surface area contributed by atoms with Crippen LogP contribution >= 0.6 is 0 Å². The fourth-order valence-corrected chi connectivity index (χ4v) is 1.91. The molecule has 1 aromatic carbocycles. The third-order valence-electron chi connectivity index (χ3n) is 3.17. The molecular formula is C16H21N3. The molecule has 2 aromatic rings. The first kappa shape index (κ1) is 13.5. The number of aryl methyl sites for hydroxylation is 1. The summed E-state index contributed by atoms with van der Waals surface area (Å²) < 4.78 is 0. The van der Waals surface area contributed by atoms with E-state index in [1.807, 2.05) is 13.1 Å². The highest BCUT2D eigenvalue weighted by molar-refractivity contribution is 5.62. The summed E-state index contributed by atoms with van der Waals surface area (Å²) in [5.41, 5.74) is 3.46. The number of hydrogen-bond acceptors (Lipinski definition) is 3. The summed E-state index contributed by atoms with van der Waals surface area (Å²) >= 11 is 0. The van der Waals surface area contributed by atoms with Crippen molar-refractivity contribution in [2.75, 3.05) is 12.4 Å². The maximum atomic E-state index is 4.66. The second-order valence-electron chi connectivity index (χ2n) is 4.95. The Bertz CT molecular complexity index is 544. The number of benzene rings is 1. The maximum absolute atomic E-state index is 4.66. The van der Waals surface area contributed by atoms with Gasteiger partial charge >= 0.3 is 0 Å². The van der Waals surface area contributed by atoms with Crippen LogP contribution in [0.4, 0.5) is 5.82 Å². The molecular weight excluding hydrogens is 234 g/mol. The van der Waals surface area contributed by atoms with E-state index in [-0.39, 0.29) is 0 Å². The summed E-state index contributed by atoms with van der Waals surface area (Å²) in [6, 6.07) is 10.6. The highest BCUT2D eigenvalue weighted by Crippen LogP contribution is 2.22. The average molecular weight is 255 g/mol. The van der Waals surface area contributed by atoms with Gasteiger partial charge in [-0.05, 0) is 12.0 Å². The number of nitrogens with zero attached hydrogens (tertiary/aromatic N) is 2. The summed E-state index contributed by atoms with van der Waals surface area (Å²) in [4.78, 5) is 9.14. The van der Waals surface area contributed by atoms with Crippen LogP contribution < -0.4 is 5.32 Å². The van der Waals surface area contributed by atoms with Gasteiger partial charge in [-0.3, -0.25) is 0 Å². The van der Waals surface area contributed by atoms with Crippen LogP contribution in [0.1, 0.15) is 38.1 Å². The normalized spacial score (nSPS) is 10.8. The van der Waals surface area contributed by atoms with Crippen molar-refractivity contribution < 1.29 is 0 Å². The standard InChI is InChI=1S/C16H21N3/c1-5-12-6-8-13(9-7-12)14-10-15(17-4)19-16(18-14)11(2)3/h6-11H,5H2,1-4H3,(H,17,18,19). The number of nitrogens with one attached hydrogen (secondary N) is 1. The Morgan fingerprint density at radius 1 is 1.11 bits per heavy atom. The van der Waals surface area contributed by atoms with Gasteiger partial charge in [-0.1, -0.05) is 45.0 Å². The number of rotatable bonds is 4. The minimum Gasteiger partial charge on any atom is -0.373 e. The molecule has 0 unspecified atom stereocenters. The zero-order valence-electron chi connectivity index (χ0n) is 12.1. The van der Waals surface area contributed by atoms with Crippen LogP contribution in [-0.4, -0.2) is 17.0 Å². The molecule has 0 aliphatic rings. The highest BCUT2D eigenvalue weighted by Gasteiger charge is 2.08. The van der Waals surface area contributed by atoms with Gasteiger partial charge < -0.3 is 5.32 Å². The molecule has 1 heterocycles. The molecule has 1 aromatic heterocycles. The van der Waals surface area contributed by atoms with Crippen LogP contribution in [0.15, 0.2) is 30.3 Å². The van der Waals surface area contributed by atoms with E-state index in [9.17, 15) is 0 Å². The molecule has 0 saturated heterocycles. The Labute approximate surface area is 115 Å². The van der Waals surface area contributed by atoms with Gasteiger partial charge in [0.1, 0.15) is 11.6 Å². The van der Waals surface area contributed by atoms with Crippen molar-refractivity contribution in [3.8, 4) is 11.3 Å². The molecule has 0 fully saturated rings. The maximum Gasteiger partial charge on any atom is 0.133 e. The van der Waals surface area contributed by atoms with Gasteiger partial charge in [-0.15, -0.1) is 0 Å². The molecule has 3 nitrogen and oxygen atoms in total. The van der Waals surface area contributed by atoms with Gasteiger partial charge in [0, 0.05) is 24.6 Å². The van der Waals surface area contributed by atoms with Gasteiger partial charge in [-0.2, -0.15) is 0 Å². The fourth-order valence-electron chi connectivity index (χ4n) is 1.91. The predicted molar refractivity (Wildman–Crippen MR) is 80.5 cm³/mol. The largest absolute Gasteiger partial charge is 0.373 e. The molecule has 1 N–H and O–H groups in total. The Hall–Kier alpha value is -1.90. The summed E-state index contributed by atoms with van der Waals surface area (Å²) in [5, 5.41) is 3.10. The van der Waals surface area contributed by atoms with Gasteiger partial charge in [0.15, 0.2) is 0 Å². The Balaban J connectivity index is 2.44. The molecule has 100 valence electrons. The second kappa shape index (κ2) is 5.83. The molecule has 0 aliphatic carbocycles. The van der Waals surface area contributed by atoms with Crippen molar-refractivity contribution in [3.63, 3.8) is 0 Å². The fraction of sp³-hybridized carbons (Fsp3) is 0.375. The van der Waals surface area contributed by atoms with Crippen molar-refractivity contribution >= 4 is 5.82 Å². The summed E-state index contributed by atoms with van der Waals surface area (Å²) in [6.45, 7) is 6.38. The topological polar surface area (TPSA) is 37.8 Å². The third-order valence-corrected chi connectivity index (χ3v) is 3.17. The number of hydrogen-bond donors (Lipinski definition) is 1. The average Bonchev–Trinajstić information content (AvgIpc) is 2.46. The van der Waals surface area contributed by atoms with Gasteiger partial charge in [0.25, 0.3) is 0 Å². The van der Waals surface area contributed by atoms with Crippen LogP contribution in [0.5, 0.6) is 0 Å². The van der Waals surface area contributed by atoms with Crippen LogP contribution in [0.2, 0.25) is 0 Å². The van der Waals surface area contributed by atoms with Gasteiger partial charge in [-0.25, -0.2) is 9.97 Å². The number of anilines is 1. The Morgan fingerprint density at radius 2 is 1.79 bits per heavy atom. The van der Waals surface area contributed by atoms with Crippen molar-refractivity contribution in [1.82, 2.24) is 9.97 Å². The van der Waals surface area contributed by atoms with Crippen LogP contribution in [0.3, 0.4) is 0 Å². The quantitative estimate of drug-likeness (QED) is 0.901. The molecule has 0 bridgehead atoms. The lowest BCUT2D eigenvalue weighted by Crippen LogP contribution is -2.03. The lowest BCUT2D eigenvalue weighted by molar-refractivity contribution is 0.777. The lowest BCUT2D eigenvalue weighted by Gasteiger charge is -2.10. The van der Waals surface area contributed by atoms with E-state index in [0.29, 0.717) is 5.92 Å². The Kier molecular flexibility index (Phi) is 4.15. The summed E-state index contributed by atoms with van der Waals surface area (Å²) in [5.74, 6) is 2.07. The number of aromatic nitrogens is 2. The first-order valence-electron chi connectivity index (χ1n) is 6.80. The minimum absolute atomic E-state index is 0.321. The predicted octanol–water partition coefficient (Wildman–Crippen LogP) is 3.87. The molecule has 0 saturated carbocycles. The molecule has 0 atom stereocenters. The molecule has 19 heavy (non-hydrogen) atoms. The van der Waals surface area contributed by atoms with Crippen LogP contribution in [0.25, 0.3) is 11.3 Å². The van der Waals surface area contributed by atoms with Gasteiger partial charge in [0.05, 0.1) is 5.69 Å². The molecule has 0 spiro atoms. The first-order chi connectivity index (χ1) is 9.13.